The summed E-state index contributed by atoms with van der Waals surface area (Å²) in [7, 11) is 0. The third-order valence-corrected chi connectivity index (χ3v) is 3.88. The molecule has 1 saturated carbocycles. The molecule has 0 heterocycles. The zero-order valence-electron chi connectivity index (χ0n) is 11.8. The number of halogens is 1. The molecule has 0 radical (unpaired) electrons. The van der Waals surface area contributed by atoms with Gasteiger partial charge in [-0.1, -0.05) is 11.6 Å². The second kappa shape index (κ2) is 6.91. The van der Waals surface area contributed by atoms with E-state index in [0.29, 0.717) is 24.6 Å². The highest BCUT2D eigenvalue weighted by molar-refractivity contribution is 6.33. The molecule has 0 aromatic heterocycles. The van der Waals surface area contributed by atoms with E-state index >= 15 is 0 Å². The minimum atomic E-state index is -1.12. The molecule has 1 aromatic carbocycles. The van der Waals surface area contributed by atoms with E-state index in [1.165, 1.54) is 12.1 Å². The van der Waals surface area contributed by atoms with E-state index in [9.17, 15) is 9.59 Å². The van der Waals surface area contributed by atoms with Crippen molar-refractivity contribution in [3.8, 4) is 0 Å². The fourth-order valence-corrected chi connectivity index (χ4v) is 2.65. The summed E-state index contributed by atoms with van der Waals surface area (Å²) in [6.07, 6.45) is 2.51. The van der Waals surface area contributed by atoms with Crippen LogP contribution in [0.15, 0.2) is 18.2 Å². The average molecular weight is 312 g/mol. The number of carboxylic acids is 1. The number of carboxylic acid groups (broad SMARTS) is 1. The molecule has 0 aliphatic heterocycles. The van der Waals surface area contributed by atoms with Crippen LogP contribution in [0.1, 0.15) is 36.5 Å². The molecule has 1 aliphatic carbocycles. The molecule has 0 saturated heterocycles. The van der Waals surface area contributed by atoms with Gasteiger partial charge >= 0.3 is 5.97 Å². The fraction of sp³-hybridized carbons (Fsp3) is 0.467. The summed E-state index contributed by atoms with van der Waals surface area (Å²) < 4.78 is 5.45. The lowest BCUT2D eigenvalue weighted by molar-refractivity contribution is -0.119. The van der Waals surface area contributed by atoms with Crippen LogP contribution in [0.4, 0.5) is 5.69 Å². The molecule has 1 amide bonds. The van der Waals surface area contributed by atoms with Gasteiger partial charge in [0.15, 0.2) is 0 Å². The minimum Gasteiger partial charge on any atom is -0.478 e. The Morgan fingerprint density at radius 2 is 2.14 bits per heavy atom. The molecule has 1 fully saturated rings. The largest absolute Gasteiger partial charge is 0.478 e. The Hall–Kier alpha value is -1.59. The molecular weight excluding hydrogens is 294 g/mol. The normalized spacial score (nSPS) is 20.7. The maximum absolute atomic E-state index is 11.9. The van der Waals surface area contributed by atoms with Gasteiger partial charge in [0.25, 0.3) is 0 Å². The quantitative estimate of drug-likeness (QED) is 0.846. The monoisotopic (exact) mass is 311 g/mol. The number of anilines is 1. The van der Waals surface area contributed by atoms with Crippen molar-refractivity contribution in [3.63, 3.8) is 0 Å². The molecule has 0 spiro atoms. The Morgan fingerprint density at radius 1 is 1.43 bits per heavy atom. The van der Waals surface area contributed by atoms with Gasteiger partial charge in [0.05, 0.1) is 16.7 Å². The maximum Gasteiger partial charge on any atom is 0.337 e. The maximum atomic E-state index is 11.9. The Morgan fingerprint density at radius 3 is 2.76 bits per heavy atom. The Labute approximate surface area is 128 Å². The van der Waals surface area contributed by atoms with Gasteiger partial charge in [0.2, 0.25) is 5.91 Å². The third kappa shape index (κ3) is 4.19. The Kier molecular flexibility index (Phi) is 5.20. The number of nitrogens with one attached hydrogen (secondary N) is 1. The highest BCUT2D eigenvalue weighted by Gasteiger charge is 2.31. The summed E-state index contributed by atoms with van der Waals surface area (Å²) in [5.74, 6) is -0.893. The number of aromatic carboxylic acids is 1. The minimum absolute atomic E-state index is 0.0190. The van der Waals surface area contributed by atoms with Crippen LogP contribution in [0.5, 0.6) is 0 Å². The second-order valence-electron chi connectivity index (χ2n) is 5.17. The van der Waals surface area contributed by atoms with Gasteiger partial charge in [0, 0.05) is 18.7 Å². The summed E-state index contributed by atoms with van der Waals surface area (Å²) in [5, 5.41) is 11.8. The Balaban J connectivity index is 1.86. The van der Waals surface area contributed by atoms with E-state index in [2.05, 4.69) is 5.32 Å². The first-order valence-electron chi connectivity index (χ1n) is 6.94. The number of carbonyl (C=O) groups excluding carboxylic acids is 1. The molecule has 1 aliphatic rings. The predicted octanol–water partition coefficient (Wildman–Crippen LogP) is 3.18. The van der Waals surface area contributed by atoms with Crippen LogP contribution in [-0.4, -0.2) is 29.7 Å². The number of carbonyl (C=O) groups is 2. The van der Waals surface area contributed by atoms with Crippen LogP contribution in [0.25, 0.3) is 0 Å². The molecule has 0 bridgehead atoms. The first kappa shape index (κ1) is 15.8. The summed E-state index contributed by atoms with van der Waals surface area (Å²) >= 11 is 5.78. The highest BCUT2D eigenvalue weighted by Crippen LogP contribution is 2.33. The fourth-order valence-electron chi connectivity index (χ4n) is 2.45. The lowest BCUT2D eigenvalue weighted by atomic mass is 9.80. The number of ether oxygens (including phenoxy) is 1. The van der Waals surface area contributed by atoms with Crippen molar-refractivity contribution in [2.75, 3.05) is 11.9 Å². The lowest BCUT2D eigenvalue weighted by Gasteiger charge is -2.34. The first-order chi connectivity index (χ1) is 9.99. The van der Waals surface area contributed by atoms with Crippen LogP contribution >= 0.6 is 11.6 Å². The van der Waals surface area contributed by atoms with Gasteiger partial charge in [-0.2, -0.15) is 0 Å². The van der Waals surface area contributed by atoms with Crippen LogP contribution in [0, 0.1) is 5.92 Å². The van der Waals surface area contributed by atoms with Crippen LogP contribution in [0.3, 0.4) is 0 Å². The summed E-state index contributed by atoms with van der Waals surface area (Å²) in [6.45, 7) is 2.66. The van der Waals surface area contributed by atoms with E-state index in [1.807, 2.05) is 6.92 Å². The van der Waals surface area contributed by atoms with Crippen LogP contribution < -0.4 is 5.32 Å². The van der Waals surface area contributed by atoms with Crippen LogP contribution in [-0.2, 0) is 9.53 Å². The molecule has 0 atom stereocenters. The van der Waals surface area contributed by atoms with Crippen molar-refractivity contribution >= 4 is 29.2 Å². The average Bonchev–Trinajstić information content (AvgIpc) is 2.38. The number of hydrogen-bond acceptors (Lipinski definition) is 3. The van der Waals surface area contributed by atoms with E-state index in [-0.39, 0.29) is 22.6 Å². The predicted molar refractivity (Wildman–Crippen MR) is 79.8 cm³/mol. The van der Waals surface area contributed by atoms with Gasteiger partial charge < -0.3 is 15.2 Å². The highest BCUT2D eigenvalue weighted by atomic mass is 35.5. The van der Waals surface area contributed by atoms with E-state index in [1.54, 1.807) is 6.07 Å². The topological polar surface area (TPSA) is 75.6 Å². The third-order valence-electron chi connectivity index (χ3n) is 3.55. The zero-order chi connectivity index (χ0) is 15.4. The number of benzene rings is 1. The molecule has 1 aromatic rings. The zero-order valence-corrected chi connectivity index (χ0v) is 12.5. The van der Waals surface area contributed by atoms with Gasteiger partial charge in [0.1, 0.15) is 0 Å². The summed E-state index contributed by atoms with van der Waals surface area (Å²) in [5.41, 5.74) is 0.428. The smallest absolute Gasteiger partial charge is 0.337 e. The molecule has 114 valence electrons. The van der Waals surface area contributed by atoms with E-state index in [0.717, 1.165) is 12.8 Å². The molecule has 0 unspecified atom stereocenters. The van der Waals surface area contributed by atoms with E-state index in [4.69, 9.17) is 21.4 Å². The van der Waals surface area contributed by atoms with Gasteiger partial charge in [-0.05, 0) is 43.9 Å². The summed E-state index contributed by atoms with van der Waals surface area (Å²) in [6, 6.07) is 4.43. The van der Waals surface area contributed by atoms with Crippen molar-refractivity contribution in [2.45, 2.75) is 32.3 Å². The van der Waals surface area contributed by atoms with Crippen LogP contribution in [0.2, 0.25) is 5.02 Å². The standard InChI is InChI=1S/C15H18ClNO4/c1-2-21-11-5-9(6-11)7-14(18)17-10-3-4-13(16)12(8-10)15(19)20/h3-4,8-9,11H,2,5-7H2,1H3,(H,17,18)(H,19,20). The van der Waals surface area contributed by atoms with Crippen molar-refractivity contribution in [2.24, 2.45) is 5.92 Å². The lowest BCUT2D eigenvalue weighted by Crippen LogP contribution is -2.33. The number of rotatable bonds is 6. The molecule has 2 rings (SSSR count). The summed E-state index contributed by atoms with van der Waals surface area (Å²) in [4.78, 5) is 22.9. The number of hydrogen-bond donors (Lipinski definition) is 2. The van der Waals surface area contributed by atoms with Gasteiger partial charge in [-0.15, -0.1) is 0 Å². The molecule has 2 N–H and O–H groups in total. The first-order valence-corrected chi connectivity index (χ1v) is 7.31. The molecule has 6 heteroatoms. The SMILES string of the molecule is CCOC1CC(CC(=O)Nc2ccc(Cl)c(C(=O)O)c2)C1. The number of amides is 1. The van der Waals surface area contributed by atoms with Gasteiger partial charge in [-0.3, -0.25) is 4.79 Å². The molecule has 21 heavy (non-hydrogen) atoms. The van der Waals surface area contributed by atoms with Crippen molar-refractivity contribution < 1.29 is 19.4 Å². The van der Waals surface area contributed by atoms with E-state index < -0.39 is 5.97 Å². The van der Waals surface area contributed by atoms with Crippen molar-refractivity contribution in [3.05, 3.63) is 28.8 Å². The second-order valence-corrected chi connectivity index (χ2v) is 5.57. The molecule has 5 nitrogen and oxygen atoms in total. The van der Waals surface area contributed by atoms with Crippen molar-refractivity contribution in [1.29, 1.82) is 0 Å². The van der Waals surface area contributed by atoms with Gasteiger partial charge in [-0.25, -0.2) is 4.79 Å². The Bertz CT molecular complexity index is 540. The van der Waals surface area contributed by atoms with Crippen molar-refractivity contribution in [1.82, 2.24) is 0 Å². The molecular formula is C15H18ClNO4.